The quantitative estimate of drug-likeness (QED) is 0.251. The summed E-state index contributed by atoms with van der Waals surface area (Å²) in [5.41, 5.74) is 4.32. The first-order valence-electron chi connectivity index (χ1n) is 14.3. The van der Waals surface area contributed by atoms with E-state index in [0.717, 1.165) is 54.8 Å². The highest BCUT2D eigenvalue weighted by Gasteiger charge is 2.35. The molecule has 0 amide bonds. The molecule has 214 valence electrons. The third-order valence-corrected chi connectivity index (χ3v) is 7.98. The highest BCUT2D eigenvalue weighted by Crippen LogP contribution is 2.31. The average molecular weight is 562 g/mol. The molecule has 1 N–H and O–H groups in total. The molecule has 1 aliphatic heterocycles. The number of tetrazole rings is 1. The third-order valence-electron chi connectivity index (χ3n) is 7.98. The predicted octanol–water partition coefficient (Wildman–Crippen LogP) is 4.53. The van der Waals surface area contributed by atoms with E-state index in [1.54, 1.807) is 4.68 Å². The number of fused-ring (bicyclic) bond motifs is 1. The summed E-state index contributed by atoms with van der Waals surface area (Å²) in [5, 5.41) is 14.0. The average Bonchev–Trinajstić information content (AvgIpc) is 3.69. The van der Waals surface area contributed by atoms with Crippen LogP contribution in [0.3, 0.4) is 0 Å². The number of nitrogens with zero attached hydrogens (tertiary/aromatic N) is 6. The van der Waals surface area contributed by atoms with Crippen molar-refractivity contribution in [2.24, 2.45) is 0 Å². The van der Waals surface area contributed by atoms with Gasteiger partial charge in [-0.3, -0.25) is 9.80 Å². The molecule has 6 rings (SSSR count). The molecule has 1 fully saturated rings. The van der Waals surface area contributed by atoms with Gasteiger partial charge >= 0.3 is 5.97 Å². The van der Waals surface area contributed by atoms with Gasteiger partial charge in [0.15, 0.2) is 11.9 Å². The number of H-pyrrole nitrogens is 1. The minimum Gasteiger partial charge on any atom is -0.467 e. The number of carbonyl (C=O) groups is 1. The lowest BCUT2D eigenvalue weighted by molar-refractivity contribution is -0.145. The molecule has 0 aliphatic carbocycles. The van der Waals surface area contributed by atoms with Gasteiger partial charge in [-0.1, -0.05) is 91.0 Å². The van der Waals surface area contributed by atoms with E-state index in [4.69, 9.17) is 4.74 Å². The van der Waals surface area contributed by atoms with Gasteiger partial charge in [-0.2, -0.15) is 0 Å². The molecule has 9 nitrogen and oxygen atoms in total. The Kier molecular flexibility index (Phi) is 8.48. The van der Waals surface area contributed by atoms with Crippen LogP contribution in [0.1, 0.15) is 34.6 Å². The number of hydrogen-bond acceptors (Lipinski definition) is 7. The topological polar surface area (TPSA) is 92.2 Å². The molecule has 2 atom stereocenters. The van der Waals surface area contributed by atoms with Crippen LogP contribution in [0.5, 0.6) is 0 Å². The van der Waals surface area contributed by atoms with E-state index in [0.29, 0.717) is 12.2 Å². The number of methoxy groups -OCH3 is 1. The fourth-order valence-corrected chi connectivity index (χ4v) is 5.78. The molecule has 3 aromatic carbocycles. The standard InChI is InChI=1S/C33H35N7O2/c1-42-33(41)30(23-27-24-34-29-17-9-8-16-28(27)29)40-32(35-36-37-40)31(26-14-6-3-7-15-26)39-21-19-38(20-22-39)18-10-13-25-11-4-2-5-12-25/h2-17,24,30-31,34H,18-23H2,1H3/t30?,31-/m1/s1. The van der Waals surface area contributed by atoms with Crippen molar-refractivity contribution in [3.8, 4) is 0 Å². The number of ether oxygens (including phenoxy) is 1. The van der Waals surface area contributed by atoms with E-state index in [-0.39, 0.29) is 12.0 Å². The fourth-order valence-electron chi connectivity index (χ4n) is 5.78. The second-order valence-corrected chi connectivity index (χ2v) is 10.5. The Morgan fingerprint density at radius 2 is 1.67 bits per heavy atom. The molecule has 3 heterocycles. The summed E-state index contributed by atoms with van der Waals surface area (Å²) in [6.45, 7) is 4.42. The van der Waals surface area contributed by atoms with Gasteiger partial charge in [-0.05, 0) is 33.2 Å². The van der Waals surface area contributed by atoms with Gasteiger partial charge in [-0.15, -0.1) is 5.10 Å². The SMILES string of the molecule is COC(=O)C(Cc1c[nH]c2ccccc12)n1nnnc1[C@@H](c1ccccc1)N1CCN(CC=Cc2ccccc2)CC1. The van der Waals surface area contributed by atoms with Gasteiger partial charge in [0.1, 0.15) is 0 Å². The second kappa shape index (κ2) is 12.9. The first-order chi connectivity index (χ1) is 20.7. The van der Waals surface area contributed by atoms with Gasteiger partial charge in [0, 0.05) is 56.2 Å². The number of esters is 1. The van der Waals surface area contributed by atoms with Crippen LogP contribution in [0.4, 0.5) is 0 Å². The Morgan fingerprint density at radius 1 is 0.952 bits per heavy atom. The lowest BCUT2D eigenvalue weighted by atomic mass is 10.0. The van der Waals surface area contributed by atoms with Crippen molar-refractivity contribution in [1.82, 2.24) is 35.0 Å². The maximum Gasteiger partial charge on any atom is 0.331 e. The minimum absolute atomic E-state index is 0.210. The normalized spacial score (nSPS) is 16.1. The molecule has 1 aliphatic rings. The summed E-state index contributed by atoms with van der Waals surface area (Å²) in [6, 6.07) is 27.8. The molecule has 42 heavy (non-hydrogen) atoms. The zero-order valence-electron chi connectivity index (χ0n) is 23.7. The minimum atomic E-state index is -0.713. The second-order valence-electron chi connectivity index (χ2n) is 10.5. The Labute approximate surface area is 245 Å². The van der Waals surface area contributed by atoms with Crippen LogP contribution in [-0.4, -0.2) is 80.8 Å². The van der Waals surface area contributed by atoms with Crippen molar-refractivity contribution in [1.29, 1.82) is 0 Å². The molecule has 9 heteroatoms. The number of carbonyl (C=O) groups excluding carboxylic acids is 1. The molecule has 0 saturated carbocycles. The number of piperazine rings is 1. The van der Waals surface area contributed by atoms with Crippen molar-refractivity contribution in [3.05, 3.63) is 120 Å². The number of aromatic nitrogens is 5. The summed E-state index contributed by atoms with van der Waals surface area (Å²) in [5.74, 6) is 0.254. The molecule has 1 saturated heterocycles. The molecule has 1 unspecified atom stereocenters. The van der Waals surface area contributed by atoms with E-state index in [1.165, 1.54) is 12.7 Å². The maximum absolute atomic E-state index is 13.2. The van der Waals surface area contributed by atoms with Crippen LogP contribution in [-0.2, 0) is 16.0 Å². The van der Waals surface area contributed by atoms with Crippen LogP contribution in [0.15, 0.2) is 97.2 Å². The number of para-hydroxylation sites is 1. The molecule has 0 radical (unpaired) electrons. The zero-order valence-corrected chi connectivity index (χ0v) is 23.7. The monoisotopic (exact) mass is 561 g/mol. The number of benzene rings is 3. The Balaban J connectivity index is 1.25. The predicted molar refractivity (Wildman–Crippen MR) is 163 cm³/mol. The van der Waals surface area contributed by atoms with E-state index >= 15 is 0 Å². The van der Waals surface area contributed by atoms with E-state index in [1.807, 2.05) is 48.7 Å². The Bertz CT molecular complexity index is 1620. The highest BCUT2D eigenvalue weighted by atomic mass is 16.5. The maximum atomic E-state index is 13.2. The highest BCUT2D eigenvalue weighted by molar-refractivity contribution is 5.84. The van der Waals surface area contributed by atoms with Crippen LogP contribution < -0.4 is 0 Å². The van der Waals surface area contributed by atoms with Crippen molar-refractivity contribution < 1.29 is 9.53 Å². The summed E-state index contributed by atoms with van der Waals surface area (Å²) in [7, 11) is 1.41. The largest absolute Gasteiger partial charge is 0.467 e. The fraction of sp³-hybridized carbons (Fsp3) is 0.273. The summed E-state index contributed by atoms with van der Waals surface area (Å²) in [6.07, 6.45) is 6.75. The van der Waals surface area contributed by atoms with Gasteiger partial charge in [0.25, 0.3) is 0 Å². The van der Waals surface area contributed by atoms with Crippen LogP contribution in [0, 0.1) is 0 Å². The summed E-state index contributed by atoms with van der Waals surface area (Å²) in [4.78, 5) is 21.4. The van der Waals surface area contributed by atoms with Gasteiger partial charge in [0.2, 0.25) is 0 Å². The first kappa shape index (κ1) is 27.6. The molecule has 0 spiro atoms. The van der Waals surface area contributed by atoms with Crippen molar-refractivity contribution in [3.63, 3.8) is 0 Å². The van der Waals surface area contributed by atoms with Gasteiger partial charge < -0.3 is 9.72 Å². The number of hydrogen-bond donors (Lipinski definition) is 1. The van der Waals surface area contributed by atoms with Crippen molar-refractivity contribution in [2.75, 3.05) is 39.8 Å². The number of aromatic amines is 1. The Morgan fingerprint density at radius 3 is 2.43 bits per heavy atom. The molecule has 0 bridgehead atoms. The summed E-state index contributed by atoms with van der Waals surface area (Å²) >= 11 is 0. The number of rotatable bonds is 10. The number of nitrogens with one attached hydrogen (secondary N) is 1. The molecule has 2 aromatic heterocycles. The van der Waals surface area contributed by atoms with Crippen molar-refractivity contribution in [2.45, 2.75) is 18.5 Å². The lowest BCUT2D eigenvalue weighted by Crippen LogP contribution is -2.48. The molecular formula is C33H35N7O2. The van der Waals surface area contributed by atoms with E-state index in [2.05, 4.69) is 84.9 Å². The van der Waals surface area contributed by atoms with Gasteiger partial charge in [-0.25, -0.2) is 9.48 Å². The lowest BCUT2D eigenvalue weighted by Gasteiger charge is -2.38. The smallest absolute Gasteiger partial charge is 0.331 e. The van der Waals surface area contributed by atoms with E-state index in [9.17, 15) is 4.79 Å². The third kappa shape index (κ3) is 6.02. The summed E-state index contributed by atoms with van der Waals surface area (Å²) < 4.78 is 6.94. The molecule has 5 aromatic rings. The van der Waals surface area contributed by atoms with Crippen LogP contribution in [0.2, 0.25) is 0 Å². The van der Waals surface area contributed by atoms with Crippen LogP contribution in [0.25, 0.3) is 17.0 Å². The van der Waals surface area contributed by atoms with Gasteiger partial charge in [0.05, 0.1) is 13.2 Å². The Hall–Kier alpha value is -4.60. The first-order valence-corrected chi connectivity index (χ1v) is 14.3. The molecular weight excluding hydrogens is 526 g/mol. The van der Waals surface area contributed by atoms with Crippen LogP contribution >= 0.6 is 0 Å². The van der Waals surface area contributed by atoms with E-state index < -0.39 is 6.04 Å². The zero-order chi connectivity index (χ0) is 28.7. The van der Waals surface area contributed by atoms with Crippen molar-refractivity contribution >= 4 is 22.9 Å².